The second-order valence-corrected chi connectivity index (χ2v) is 7.83. The molecule has 4 aromatic rings. The maximum atomic E-state index is 15.1. The van der Waals surface area contributed by atoms with E-state index in [-0.39, 0.29) is 5.82 Å². The quantitative estimate of drug-likeness (QED) is 0.564. The SMILES string of the molecule is COc1ccnc2[nH]cc(-c3cc(F)c4nc(C)n(C5CCN(C)CC5)c4c3)c12. The first-order valence-corrected chi connectivity index (χ1v) is 9.94. The van der Waals surface area contributed by atoms with Gasteiger partial charge >= 0.3 is 0 Å². The second kappa shape index (κ2) is 6.84. The fraction of sp³-hybridized carbons (Fsp3) is 0.364. The van der Waals surface area contributed by atoms with Crippen molar-refractivity contribution in [1.29, 1.82) is 0 Å². The highest BCUT2D eigenvalue weighted by Crippen LogP contribution is 2.37. The molecule has 0 aliphatic carbocycles. The van der Waals surface area contributed by atoms with Crippen LogP contribution < -0.4 is 4.74 Å². The number of halogens is 1. The molecule has 29 heavy (non-hydrogen) atoms. The molecule has 1 aliphatic rings. The number of rotatable bonds is 3. The van der Waals surface area contributed by atoms with Crippen LogP contribution in [0.1, 0.15) is 24.7 Å². The number of benzene rings is 1. The summed E-state index contributed by atoms with van der Waals surface area (Å²) in [5, 5.41) is 0.857. The largest absolute Gasteiger partial charge is 0.496 e. The highest BCUT2D eigenvalue weighted by Gasteiger charge is 2.24. The zero-order valence-electron chi connectivity index (χ0n) is 16.9. The number of nitrogens with one attached hydrogen (secondary N) is 1. The van der Waals surface area contributed by atoms with E-state index in [9.17, 15) is 0 Å². The van der Waals surface area contributed by atoms with Gasteiger partial charge in [-0.3, -0.25) is 0 Å². The van der Waals surface area contributed by atoms with Gasteiger partial charge in [0.15, 0.2) is 5.82 Å². The number of hydrogen-bond acceptors (Lipinski definition) is 4. The Morgan fingerprint density at radius 3 is 2.79 bits per heavy atom. The number of aromatic amines is 1. The molecule has 5 rings (SSSR count). The van der Waals surface area contributed by atoms with Crippen molar-refractivity contribution in [3.05, 3.63) is 42.2 Å². The van der Waals surface area contributed by atoms with Gasteiger partial charge in [-0.15, -0.1) is 0 Å². The highest BCUT2D eigenvalue weighted by atomic mass is 19.1. The molecule has 1 saturated heterocycles. The van der Waals surface area contributed by atoms with E-state index in [0.717, 1.165) is 59.4 Å². The molecular weight excluding hydrogens is 369 g/mol. The maximum absolute atomic E-state index is 15.1. The highest BCUT2D eigenvalue weighted by molar-refractivity contribution is 5.99. The molecule has 7 heteroatoms. The lowest BCUT2D eigenvalue weighted by atomic mass is 10.0. The molecule has 1 aliphatic heterocycles. The maximum Gasteiger partial charge on any atom is 0.151 e. The van der Waals surface area contributed by atoms with E-state index in [0.29, 0.717) is 17.3 Å². The number of aryl methyl sites for hydroxylation is 1. The fourth-order valence-corrected chi connectivity index (χ4v) is 4.56. The first-order valence-electron chi connectivity index (χ1n) is 9.94. The Hall–Kier alpha value is -2.93. The summed E-state index contributed by atoms with van der Waals surface area (Å²) >= 11 is 0. The fourth-order valence-electron chi connectivity index (χ4n) is 4.56. The number of H-pyrrole nitrogens is 1. The van der Waals surface area contributed by atoms with Crippen molar-refractivity contribution in [1.82, 2.24) is 24.4 Å². The van der Waals surface area contributed by atoms with E-state index in [4.69, 9.17) is 4.74 Å². The summed E-state index contributed by atoms with van der Waals surface area (Å²) in [6, 6.07) is 5.76. The number of aromatic nitrogens is 4. The molecule has 0 radical (unpaired) electrons. The van der Waals surface area contributed by atoms with E-state index >= 15 is 4.39 Å². The molecular formula is C22H24FN5O. The van der Waals surface area contributed by atoms with Gasteiger partial charge < -0.3 is 19.2 Å². The number of pyridine rings is 1. The number of piperidine rings is 1. The van der Waals surface area contributed by atoms with Crippen molar-refractivity contribution in [2.45, 2.75) is 25.8 Å². The molecule has 0 spiro atoms. The minimum absolute atomic E-state index is 0.301. The van der Waals surface area contributed by atoms with Crippen LogP contribution in [-0.4, -0.2) is 51.7 Å². The summed E-state index contributed by atoms with van der Waals surface area (Å²) in [5.74, 6) is 1.28. The zero-order chi connectivity index (χ0) is 20.1. The van der Waals surface area contributed by atoms with Crippen LogP contribution in [0.3, 0.4) is 0 Å². The van der Waals surface area contributed by atoms with Crippen LogP contribution in [0.5, 0.6) is 5.75 Å². The molecule has 1 aromatic carbocycles. The van der Waals surface area contributed by atoms with Gasteiger partial charge in [-0.25, -0.2) is 14.4 Å². The lowest BCUT2D eigenvalue weighted by Crippen LogP contribution is -2.31. The molecule has 150 valence electrons. The van der Waals surface area contributed by atoms with Crippen molar-refractivity contribution in [2.75, 3.05) is 27.2 Å². The van der Waals surface area contributed by atoms with E-state index in [1.165, 1.54) is 0 Å². The van der Waals surface area contributed by atoms with Crippen LogP contribution in [0.15, 0.2) is 30.6 Å². The second-order valence-electron chi connectivity index (χ2n) is 7.83. The molecule has 1 fully saturated rings. The van der Waals surface area contributed by atoms with Gasteiger partial charge in [-0.2, -0.15) is 0 Å². The van der Waals surface area contributed by atoms with Gasteiger partial charge in [0.1, 0.15) is 22.7 Å². The molecule has 0 bridgehead atoms. The number of methoxy groups -OCH3 is 1. The Morgan fingerprint density at radius 1 is 1.24 bits per heavy atom. The Bertz CT molecular complexity index is 1200. The standard InChI is InChI=1S/C22H24FN5O/c1-13-26-21-17(23)10-14(11-18(21)28(13)15-5-8-27(2)9-6-15)16-12-25-22-20(16)19(29-3)4-7-24-22/h4,7,10-12,15H,5-6,8-9H2,1-3H3,(H,24,25). The lowest BCUT2D eigenvalue weighted by Gasteiger charge is -2.30. The van der Waals surface area contributed by atoms with Crippen LogP contribution in [0, 0.1) is 12.7 Å². The summed E-state index contributed by atoms with van der Waals surface area (Å²) in [6.45, 7) is 4.05. The predicted octanol–water partition coefficient (Wildman–Crippen LogP) is 4.30. The molecule has 0 unspecified atom stereocenters. The molecule has 4 heterocycles. The number of likely N-dealkylation sites (tertiary alicyclic amines) is 1. The Morgan fingerprint density at radius 2 is 2.03 bits per heavy atom. The van der Waals surface area contributed by atoms with Crippen LogP contribution >= 0.6 is 0 Å². The Labute approximate surface area is 168 Å². The number of imidazole rings is 1. The minimum atomic E-state index is -0.301. The molecule has 0 saturated carbocycles. The summed E-state index contributed by atoms with van der Waals surface area (Å²) < 4.78 is 22.8. The van der Waals surface area contributed by atoms with E-state index < -0.39 is 0 Å². The lowest BCUT2D eigenvalue weighted by molar-refractivity contribution is 0.222. The summed E-state index contributed by atoms with van der Waals surface area (Å²) in [5.41, 5.74) is 3.68. The Kier molecular flexibility index (Phi) is 4.28. The van der Waals surface area contributed by atoms with Gasteiger partial charge in [-0.1, -0.05) is 0 Å². The topological polar surface area (TPSA) is 59.0 Å². The average molecular weight is 393 g/mol. The normalized spacial score (nSPS) is 16.1. The molecule has 0 atom stereocenters. The monoisotopic (exact) mass is 393 g/mol. The van der Waals surface area contributed by atoms with Crippen LogP contribution in [0.4, 0.5) is 4.39 Å². The summed E-state index contributed by atoms with van der Waals surface area (Å²) in [4.78, 5) is 14.4. The predicted molar refractivity (Wildman–Crippen MR) is 112 cm³/mol. The van der Waals surface area contributed by atoms with E-state index in [1.54, 1.807) is 19.4 Å². The van der Waals surface area contributed by atoms with Crippen molar-refractivity contribution in [3.63, 3.8) is 0 Å². The average Bonchev–Trinajstić information content (AvgIpc) is 3.30. The molecule has 1 N–H and O–H groups in total. The van der Waals surface area contributed by atoms with Gasteiger partial charge in [0.05, 0.1) is 18.0 Å². The number of ether oxygens (including phenoxy) is 1. The smallest absolute Gasteiger partial charge is 0.151 e. The van der Waals surface area contributed by atoms with Crippen molar-refractivity contribution < 1.29 is 9.13 Å². The van der Waals surface area contributed by atoms with Crippen LogP contribution in [-0.2, 0) is 0 Å². The van der Waals surface area contributed by atoms with Crippen LogP contribution in [0.2, 0.25) is 0 Å². The van der Waals surface area contributed by atoms with Gasteiger partial charge in [0.2, 0.25) is 0 Å². The zero-order valence-corrected chi connectivity index (χ0v) is 16.9. The van der Waals surface area contributed by atoms with Crippen LogP contribution in [0.25, 0.3) is 33.2 Å². The van der Waals surface area contributed by atoms with Gasteiger partial charge in [-0.05, 0) is 63.7 Å². The number of fused-ring (bicyclic) bond motifs is 2. The molecule has 6 nitrogen and oxygen atoms in total. The first-order chi connectivity index (χ1) is 14.1. The number of nitrogens with zero attached hydrogens (tertiary/aromatic N) is 4. The molecule has 0 amide bonds. The first kappa shape index (κ1) is 18.1. The van der Waals surface area contributed by atoms with Gasteiger partial charge in [0.25, 0.3) is 0 Å². The van der Waals surface area contributed by atoms with E-state index in [2.05, 4.69) is 31.5 Å². The number of hydrogen-bond donors (Lipinski definition) is 1. The third-order valence-corrected chi connectivity index (χ3v) is 6.04. The van der Waals surface area contributed by atoms with E-state index in [1.807, 2.05) is 25.3 Å². The Balaban J connectivity index is 1.70. The third kappa shape index (κ3) is 2.88. The van der Waals surface area contributed by atoms with Crippen molar-refractivity contribution in [3.8, 4) is 16.9 Å². The molecule has 3 aromatic heterocycles. The van der Waals surface area contributed by atoms with Crippen molar-refractivity contribution in [2.24, 2.45) is 0 Å². The summed E-state index contributed by atoms with van der Waals surface area (Å²) in [7, 11) is 3.78. The minimum Gasteiger partial charge on any atom is -0.496 e. The van der Waals surface area contributed by atoms with Crippen molar-refractivity contribution >= 4 is 22.1 Å². The summed E-state index contributed by atoms with van der Waals surface area (Å²) in [6.07, 6.45) is 5.65. The van der Waals surface area contributed by atoms with Gasteiger partial charge in [0, 0.05) is 24.0 Å². The third-order valence-electron chi connectivity index (χ3n) is 6.04.